The van der Waals surface area contributed by atoms with Crippen LogP contribution in [0, 0.1) is 5.41 Å². The third-order valence-electron chi connectivity index (χ3n) is 2.82. The molecular weight excluding hydrogens is 200 g/mol. The minimum Gasteiger partial charge on any atom is -0.356 e. The van der Waals surface area contributed by atoms with Gasteiger partial charge in [-0.05, 0) is 18.9 Å². The average Bonchev–Trinajstić information content (AvgIpc) is 2.24. The first kappa shape index (κ1) is 15.4. The molecule has 0 aromatic rings. The van der Waals surface area contributed by atoms with Crippen molar-refractivity contribution in [1.29, 1.82) is 0 Å². The van der Waals surface area contributed by atoms with E-state index >= 15 is 0 Å². The van der Waals surface area contributed by atoms with Gasteiger partial charge >= 0.3 is 0 Å². The van der Waals surface area contributed by atoms with E-state index in [1.54, 1.807) is 0 Å². The van der Waals surface area contributed by atoms with Crippen LogP contribution in [-0.4, -0.2) is 26.0 Å². The Balaban J connectivity index is 3.67. The lowest BCUT2D eigenvalue weighted by molar-refractivity contribution is -0.121. The van der Waals surface area contributed by atoms with Crippen molar-refractivity contribution >= 4 is 5.91 Å². The summed E-state index contributed by atoms with van der Waals surface area (Å²) in [6.45, 7) is 8.20. The fraction of sp³-hybridized carbons (Fsp3) is 0.923. The summed E-state index contributed by atoms with van der Waals surface area (Å²) in [7, 11) is 1.86. The van der Waals surface area contributed by atoms with Crippen LogP contribution < -0.4 is 10.6 Å². The van der Waals surface area contributed by atoms with Gasteiger partial charge in [-0.2, -0.15) is 0 Å². The SMILES string of the molecule is CCCCCC(C)(C)CNC(=O)CCNC. The molecule has 0 heterocycles. The molecule has 1 amide bonds. The summed E-state index contributed by atoms with van der Waals surface area (Å²) in [5.74, 6) is 0.151. The van der Waals surface area contributed by atoms with E-state index in [0.29, 0.717) is 6.42 Å². The number of hydrogen-bond acceptors (Lipinski definition) is 2. The molecule has 0 atom stereocenters. The lowest BCUT2D eigenvalue weighted by atomic mass is 9.87. The van der Waals surface area contributed by atoms with Crippen LogP contribution in [0.1, 0.15) is 52.9 Å². The van der Waals surface area contributed by atoms with Crippen LogP contribution in [-0.2, 0) is 4.79 Å². The monoisotopic (exact) mass is 228 g/mol. The van der Waals surface area contributed by atoms with Gasteiger partial charge in [0.1, 0.15) is 0 Å². The molecule has 0 unspecified atom stereocenters. The first-order valence-electron chi connectivity index (χ1n) is 6.43. The molecule has 96 valence electrons. The first-order valence-corrected chi connectivity index (χ1v) is 6.43. The predicted octanol–water partition coefficient (Wildman–Crippen LogP) is 2.32. The van der Waals surface area contributed by atoms with Gasteiger partial charge in [0, 0.05) is 19.5 Å². The van der Waals surface area contributed by atoms with E-state index in [2.05, 4.69) is 31.4 Å². The Morgan fingerprint density at radius 1 is 1.25 bits per heavy atom. The highest BCUT2D eigenvalue weighted by Crippen LogP contribution is 2.22. The second kappa shape index (κ2) is 8.57. The number of rotatable bonds is 9. The third kappa shape index (κ3) is 8.72. The van der Waals surface area contributed by atoms with Crippen molar-refractivity contribution in [1.82, 2.24) is 10.6 Å². The van der Waals surface area contributed by atoms with E-state index in [4.69, 9.17) is 0 Å². The highest BCUT2D eigenvalue weighted by molar-refractivity contribution is 5.76. The molecule has 16 heavy (non-hydrogen) atoms. The predicted molar refractivity (Wildman–Crippen MR) is 69.5 cm³/mol. The summed E-state index contributed by atoms with van der Waals surface area (Å²) in [6, 6.07) is 0. The number of hydrogen-bond donors (Lipinski definition) is 2. The molecule has 0 spiro atoms. The second-order valence-electron chi connectivity index (χ2n) is 5.25. The zero-order valence-corrected chi connectivity index (χ0v) is 11.4. The van der Waals surface area contributed by atoms with E-state index in [0.717, 1.165) is 13.1 Å². The Morgan fingerprint density at radius 2 is 1.94 bits per heavy atom. The van der Waals surface area contributed by atoms with Gasteiger partial charge in [-0.15, -0.1) is 0 Å². The molecule has 0 aromatic heterocycles. The van der Waals surface area contributed by atoms with E-state index in [1.807, 2.05) is 7.05 Å². The van der Waals surface area contributed by atoms with Crippen LogP contribution in [0.2, 0.25) is 0 Å². The van der Waals surface area contributed by atoms with Crippen molar-refractivity contribution in [3.05, 3.63) is 0 Å². The van der Waals surface area contributed by atoms with E-state index in [1.165, 1.54) is 25.7 Å². The second-order valence-corrected chi connectivity index (χ2v) is 5.25. The summed E-state index contributed by atoms with van der Waals surface area (Å²) in [5.41, 5.74) is 0.227. The van der Waals surface area contributed by atoms with Crippen molar-refractivity contribution < 1.29 is 4.79 Å². The van der Waals surface area contributed by atoms with Gasteiger partial charge in [0.15, 0.2) is 0 Å². The maximum atomic E-state index is 11.4. The Morgan fingerprint density at radius 3 is 2.50 bits per heavy atom. The molecule has 2 N–H and O–H groups in total. The van der Waals surface area contributed by atoms with Gasteiger partial charge in [-0.1, -0.05) is 40.0 Å². The fourth-order valence-electron chi connectivity index (χ4n) is 1.61. The van der Waals surface area contributed by atoms with E-state index in [9.17, 15) is 4.79 Å². The lowest BCUT2D eigenvalue weighted by Crippen LogP contribution is -2.35. The van der Waals surface area contributed by atoms with Crippen LogP contribution in [0.4, 0.5) is 0 Å². The standard InChI is InChI=1S/C13H28N2O/c1-5-6-7-9-13(2,3)11-15-12(16)8-10-14-4/h14H,5-11H2,1-4H3,(H,15,16). The summed E-state index contributed by atoms with van der Waals surface area (Å²) in [4.78, 5) is 11.4. The molecule has 0 aliphatic heterocycles. The van der Waals surface area contributed by atoms with Crippen LogP contribution >= 0.6 is 0 Å². The summed E-state index contributed by atoms with van der Waals surface area (Å²) >= 11 is 0. The molecular formula is C13H28N2O. The Labute approximate surface area is 100 Å². The Kier molecular flexibility index (Phi) is 8.26. The Bertz CT molecular complexity index is 190. The zero-order valence-electron chi connectivity index (χ0n) is 11.4. The van der Waals surface area contributed by atoms with Crippen molar-refractivity contribution in [3.8, 4) is 0 Å². The fourth-order valence-corrected chi connectivity index (χ4v) is 1.61. The molecule has 0 rings (SSSR count). The van der Waals surface area contributed by atoms with Crippen molar-refractivity contribution in [2.45, 2.75) is 52.9 Å². The molecule has 0 aromatic carbocycles. The molecule has 0 saturated heterocycles. The van der Waals surface area contributed by atoms with Gasteiger partial charge in [0.2, 0.25) is 5.91 Å². The minimum atomic E-state index is 0.151. The number of amides is 1. The van der Waals surface area contributed by atoms with E-state index in [-0.39, 0.29) is 11.3 Å². The largest absolute Gasteiger partial charge is 0.356 e. The smallest absolute Gasteiger partial charge is 0.221 e. The van der Waals surface area contributed by atoms with Gasteiger partial charge in [0.05, 0.1) is 0 Å². The number of carbonyl (C=O) groups excluding carboxylic acids is 1. The molecule has 0 fully saturated rings. The summed E-state index contributed by atoms with van der Waals surface area (Å²) < 4.78 is 0. The van der Waals surface area contributed by atoms with Crippen LogP contribution in [0.15, 0.2) is 0 Å². The highest BCUT2D eigenvalue weighted by atomic mass is 16.1. The van der Waals surface area contributed by atoms with Gasteiger partial charge < -0.3 is 10.6 Å². The Hall–Kier alpha value is -0.570. The highest BCUT2D eigenvalue weighted by Gasteiger charge is 2.17. The van der Waals surface area contributed by atoms with Crippen LogP contribution in [0.3, 0.4) is 0 Å². The topological polar surface area (TPSA) is 41.1 Å². The molecule has 0 aliphatic rings. The van der Waals surface area contributed by atoms with Crippen molar-refractivity contribution in [2.75, 3.05) is 20.1 Å². The lowest BCUT2D eigenvalue weighted by Gasteiger charge is -2.25. The molecule has 0 radical (unpaired) electrons. The quantitative estimate of drug-likeness (QED) is 0.595. The van der Waals surface area contributed by atoms with Crippen molar-refractivity contribution in [2.24, 2.45) is 5.41 Å². The zero-order chi connectivity index (χ0) is 12.4. The summed E-state index contributed by atoms with van der Waals surface area (Å²) in [5, 5.41) is 5.98. The van der Waals surface area contributed by atoms with Crippen LogP contribution in [0.25, 0.3) is 0 Å². The van der Waals surface area contributed by atoms with Crippen LogP contribution in [0.5, 0.6) is 0 Å². The minimum absolute atomic E-state index is 0.151. The molecule has 0 bridgehead atoms. The molecule has 0 aliphatic carbocycles. The normalized spacial score (nSPS) is 11.5. The average molecular weight is 228 g/mol. The van der Waals surface area contributed by atoms with Gasteiger partial charge in [-0.25, -0.2) is 0 Å². The third-order valence-corrected chi connectivity index (χ3v) is 2.82. The number of carbonyl (C=O) groups is 1. The maximum absolute atomic E-state index is 11.4. The molecule has 3 heteroatoms. The van der Waals surface area contributed by atoms with E-state index < -0.39 is 0 Å². The van der Waals surface area contributed by atoms with Crippen molar-refractivity contribution in [3.63, 3.8) is 0 Å². The number of unbranched alkanes of at least 4 members (excludes halogenated alkanes) is 2. The maximum Gasteiger partial charge on any atom is 0.221 e. The first-order chi connectivity index (χ1) is 7.52. The number of nitrogens with one attached hydrogen (secondary N) is 2. The van der Waals surface area contributed by atoms with Gasteiger partial charge in [0.25, 0.3) is 0 Å². The molecule has 3 nitrogen and oxygen atoms in total. The molecule has 0 saturated carbocycles. The summed E-state index contributed by atoms with van der Waals surface area (Å²) in [6.07, 6.45) is 5.56. The van der Waals surface area contributed by atoms with Gasteiger partial charge in [-0.3, -0.25) is 4.79 Å².